The van der Waals surface area contributed by atoms with Crippen molar-refractivity contribution in [3.63, 3.8) is 0 Å². The second kappa shape index (κ2) is 7.44. The zero-order valence-electron chi connectivity index (χ0n) is 13.0. The highest BCUT2D eigenvalue weighted by Crippen LogP contribution is 2.20. The largest absolute Gasteiger partial charge is 0.398 e. The van der Waals surface area contributed by atoms with Crippen LogP contribution in [0.3, 0.4) is 0 Å². The van der Waals surface area contributed by atoms with E-state index in [9.17, 15) is 9.18 Å². The minimum atomic E-state index is -0.494. The van der Waals surface area contributed by atoms with Crippen molar-refractivity contribution in [3.8, 4) is 0 Å². The van der Waals surface area contributed by atoms with Crippen molar-refractivity contribution in [2.45, 2.75) is 6.04 Å². The molecule has 0 saturated heterocycles. The van der Waals surface area contributed by atoms with Crippen LogP contribution < -0.4 is 11.1 Å². The number of halogens is 2. The molecule has 0 fully saturated rings. The third-order valence-corrected chi connectivity index (χ3v) is 3.85. The lowest BCUT2D eigenvalue weighted by Gasteiger charge is -2.25. The number of nitrogen functional groups attached to an aromatic ring is 1. The van der Waals surface area contributed by atoms with E-state index in [2.05, 4.69) is 5.32 Å². The van der Waals surface area contributed by atoms with Crippen LogP contribution in [0.1, 0.15) is 22.0 Å². The van der Waals surface area contributed by atoms with Crippen molar-refractivity contribution in [3.05, 3.63) is 64.4 Å². The normalized spacial score (nSPS) is 12.2. The molecule has 1 atom stereocenters. The monoisotopic (exact) mass is 335 g/mol. The predicted molar refractivity (Wildman–Crippen MR) is 91.0 cm³/mol. The van der Waals surface area contributed by atoms with Crippen LogP contribution in [0.2, 0.25) is 5.02 Å². The van der Waals surface area contributed by atoms with E-state index in [4.69, 9.17) is 17.3 Å². The van der Waals surface area contributed by atoms with Crippen LogP contribution in [0.5, 0.6) is 0 Å². The van der Waals surface area contributed by atoms with Gasteiger partial charge in [-0.2, -0.15) is 0 Å². The summed E-state index contributed by atoms with van der Waals surface area (Å²) in [4.78, 5) is 14.2. The molecular formula is C17H19ClFN3O. The van der Waals surface area contributed by atoms with E-state index < -0.39 is 11.7 Å². The lowest BCUT2D eigenvalue weighted by Crippen LogP contribution is -2.34. The molecular weight excluding hydrogens is 317 g/mol. The van der Waals surface area contributed by atoms with Gasteiger partial charge in [-0.15, -0.1) is 0 Å². The Morgan fingerprint density at radius 2 is 1.91 bits per heavy atom. The fourth-order valence-corrected chi connectivity index (χ4v) is 2.42. The van der Waals surface area contributed by atoms with Gasteiger partial charge in [0.1, 0.15) is 5.82 Å². The average Bonchev–Trinajstić information content (AvgIpc) is 2.51. The van der Waals surface area contributed by atoms with Gasteiger partial charge in [-0.3, -0.25) is 4.79 Å². The number of likely N-dealkylation sites (N-methyl/N-ethyl adjacent to an activating group) is 1. The molecule has 1 amide bonds. The summed E-state index contributed by atoms with van der Waals surface area (Å²) in [6, 6.07) is 11.1. The fourth-order valence-electron chi connectivity index (χ4n) is 2.29. The number of amides is 1. The standard InChI is InChI=1S/C17H19ClFN3O/c1-22(2)16(11-3-5-12(18)6-4-11)10-21-17(23)14-9-13(19)7-8-15(14)20/h3-9,16H,10,20H2,1-2H3,(H,21,23). The van der Waals surface area contributed by atoms with E-state index in [0.717, 1.165) is 11.6 Å². The van der Waals surface area contributed by atoms with Crippen LogP contribution in [0.25, 0.3) is 0 Å². The molecule has 6 heteroatoms. The summed E-state index contributed by atoms with van der Waals surface area (Å²) in [5.41, 5.74) is 7.14. The van der Waals surface area contributed by atoms with Gasteiger partial charge in [0.15, 0.2) is 0 Å². The fraction of sp³-hybridized carbons (Fsp3) is 0.235. The topological polar surface area (TPSA) is 58.4 Å². The minimum Gasteiger partial charge on any atom is -0.398 e. The van der Waals surface area contributed by atoms with Crippen molar-refractivity contribution in [1.82, 2.24) is 10.2 Å². The summed E-state index contributed by atoms with van der Waals surface area (Å²) in [6.45, 7) is 0.365. The molecule has 0 spiro atoms. The molecule has 1 unspecified atom stereocenters. The Bertz CT molecular complexity index is 689. The Labute approximate surface area is 140 Å². The molecule has 0 radical (unpaired) electrons. The molecule has 0 aliphatic carbocycles. The first-order valence-electron chi connectivity index (χ1n) is 7.13. The molecule has 0 aromatic heterocycles. The molecule has 0 aliphatic heterocycles. The Hall–Kier alpha value is -2.11. The highest BCUT2D eigenvalue weighted by Gasteiger charge is 2.17. The number of carbonyl (C=O) groups excluding carboxylic acids is 1. The molecule has 2 aromatic rings. The second-order valence-electron chi connectivity index (χ2n) is 5.47. The maximum Gasteiger partial charge on any atom is 0.253 e. The Balaban J connectivity index is 2.11. The van der Waals surface area contributed by atoms with Gasteiger partial charge >= 0.3 is 0 Å². The van der Waals surface area contributed by atoms with Crippen molar-refractivity contribution in [2.75, 3.05) is 26.4 Å². The number of benzene rings is 2. The molecule has 4 nitrogen and oxygen atoms in total. The average molecular weight is 336 g/mol. The van der Waals surface area contributed by atoms with Gasteiger partial charge in [0.05, 0.1) is 11.6 Å². The molecule has 122 valence electrons. The van der Waals surface area contributed by atoms with E-state index >= 15 is 0 Å². The smallest absolute Gasteiger partial charge is 0.253 e. The predicted octanol–water partition coefficient (Wildman–Crippen LogP) is 3.09. The number of anilines is 1. The van der Waals surface area contributed by atoms with E-state index in [1.807, 2.05) is 31.1 Å². The molecule has 0 saturated carbocycles. The highest BCUT2D eigenvalue weighted by molar-refractivity contribution is 6.30. The minimum absolute atomic E-state index is 0.0361. The molecule has 2 rings (SSSR count). The van der Waals surface area contributed by atoms with Crippen molar-refractivity contribution >= 4 is 23.2 Å². The van der Waals surface area contributed by atoms with Gasteiger partial charge in [-0.1, -0.05) is 23.7 Å². The zero-order valence-corrected chi connectivity index (χ0v) is 13.8. The highest BCUT2D eigenvalue weighted by atomic mass is 35.5. The number of hydrogen-bond donors (Lipinski definition) is 2. The number of nitrogens with zero attached hydrogens (tertiary/aromatic N) is 1. The third kappa shape index (κ3) is 4.43. The van der Waals surface area contributed by atoms with Crippen LogP contribution in [0.15, 0.2) is 42.5 Å². The Morgan fingerprint density at radius 3 is 2.52 bits per heavy atom. The van der Waals surface area contributed by atoms with Crippen LogP contribution in [0.4, 0.5) is 10.1 Å². The van der Waals surface area contributed by atoms with Gasteiger partial charge in [0.25, 0.3) is 5.91 Å². The number of nitrogens with one attached hydrogen (secondary N) is 1. The lowest BCUT2D eigenvalue weighted by atomic mass is 10.1. The van der Waals surface area contributed by atoms with E-state index in [-0.39, 0.29) is 17.3 Å². The number of carbonyl (C=O) groups is 1. The maximum absolute atomic E-state index is 13.3. The van der Waals surface area contributed by atoms with Crippen LogP contribution in [-0.2, 0) is 0 Å². The Morgan fingerprint density at radius 1 is 1.26 bits per heavy atom. The summed E-state index contributed by atoms with van der Waals surface area (Å²) in [5.74, 6) is -0.894. The molecule has 0 bridgehead atoms. The van der Waals surface area contributed by atoms with Gasteiger partial charge in [0.2, 0.25) is 0 Å². The van der Waals surface area contributed by atoms with Gasteiger partial charge < -0.3 is 16.0 Å². The van der Waals surface area contributed by atoms with Crippen LogP contribution >= 0.6 is 11.6 Å². The first-order valence-corrected chi connectivity index (χ1v) is 7.51. The summed E-state index contributed by atoms with van der Waals surface area (Å²) in [7, 11) is 3.84. The first-order chi connectivity index (χ1) is 10.9. The summed E-state index contributed by atoms with van der Waals surface area (Å²) in [6.07, 6.45) is 0. The molecule has 3 N–H and O–H groups in total. The van der Waals surface area contributed by atoms with Gasteiger partial charge in [0, 0.05) is 17.3 Å². The molecule has 2 aromatic carbocycles. The quantitative estimate of drug-likeness (QED) is 0.825. The number of hydrogen-bond acceptors (Lipinski definition) is 3. The van der Waals surface area contributed by atoms with Gasteiger partial charge in [-0.25, -0.2) is 4.39 Å². The Kier molecular flexibility index (Phi) is 5.58. The summed E-state index contributed by atoms with van der Waals surface area (Å²) in [5, 5.41) is 3.46. The zero-order chi connectivity index (χ0) is 17.0. The third-order valence-electron chi connectivity index (χ3n) is 3.59. The van der Waals surface area contributed by atoms with Crippen LogP contribution in [-0.4, -0.2) is 31.4 Å². The summed E-state index contributed by atoms with van der Waals surface area (Å²) >= 11 is 5.90. The maximum atomic E-state index is 13.3. The van der Waals surface area contributed by atoms with E-state index in [1.165, 1.54) is 12.1 Å². The molecule has 0 heterocycles. The van der Waals surface area contributed by atoms with Gasteiger partial charge in [-0.05, 0) is 50.0 Å². The molecule has 0 aliphatic rings. The summed E-state index contributed by atoms with van der Waals surface area (Å²) < 4.78 is 13.3. The SMILES string of the molecule is CN(C)C(CNC(=O)c1cc(F)ccc1N)c1ccc(Cl)cc1. The molecule has 23 heavy (non-hydrogen) atoms. The second-order valence-corrected chi connectivity index (χ2v) is 5.91. The van der Waals surface area contributed by atoms with E-state index in [0.29, 0.717) is 11.6 Å². The number of nitrogens with two attached hydrogens (primary N) is 1. The number of rotatable bonds is 5. The van der Waals surface area contributed by atoms with Crippen molar-refractivity contribution < 1.29 is 9.18 Å². The first kappa shape index (κ1) is 17.2. The van der Waals surface area contributed by atoms with Crippen molar-refractivity contribution in [1.29, 1.82) is 0 Å². The van der Waals surface area contributed by atoms with Crippen molar-refractivity contribution in [2.24, 2.45) is 0 Å². The van der Waals surface area contributed by atoms with E-state index in [1.54, 1.807) is 12.1 Å². The lowest BCUT2D eigenvalue weighted by molar-refractivity contribution is 0.0942. The van der Waals surface area contributed by atoms with Crippen LogP contribution in [0, 0.1) is 5.82 Å².